The summed E-state index contributed by atoms with van der Waals surface area (Å²) in [5, 5.41) is 10.5. The van der Waals surface area contributed by atoms with Gasteiger partial charge in [-0.3, -0.25) is 19.6 Å². The van der Waals surface area contributed by atoms with Crippen LogP contribution in [0, 0.1) is 0 Å². The topological polar surface area (TPSA) is 115 Å². The molecule has 0 bridgehead atoms. The molecular weight excluding hydrogens is 538 g/mol. The van der Waals surface area contributed by atoms with Gasteiger partial charge in [-0.15, -0.1) is 0 Å². The molecule has 3 heterocycles. The van der Waals surface area contributed by atoms with E-state index in [1.807, 2.05) is 48.7 Å². The number of nitrogens with zero attached hydrogens (tertiary/aromatic N) is 3. The smallest absolute Gasteiger partial charge is 0.253 e. The average Bonchev–Trinajstić information content (AvgIpc) is 3.44. The van der Waals surface area contributed by atoms with E-state index in [2.05, 4.69) is 55.7 Å². The lowest BCUT2D eigenvalue weighted by Crippen LogP contribution is -2.47. The summed E-state index contributed by atoms with van der Waals surface area (Å²) >= 11 is 0. The molecule has 9 nitrogen and oxygen atoms in total. The Balaban J connectivity index is 1.33. The number of amides is 2. The number of nitrogens with one attached hydrogen (secondary N) is 4. The second-order valence-corrected chi connectivity index (χ2v) is 10.9. The molecule has 1 atom stereocenters. The Kier molecular flexibility index (Phi) is 12.7. The fraction of sp³-hybridized carbons (Fsp3) is 0.412. The molecule has 0 unspecified atom stereocenters. The van der Waals surface area contributed by atoms with Crippen molar-refractivity contribution in [3.63, 3.8) is 0 Å². The standard InChI is InChI=1S/C34H45N7O2/c1-3-19-41(20-4-2)21-9-13-32(34(43)37-18-16-26-22-39-31-12-6-5-11-30(26)31)40-33(42)27-14-15-29(38-23-27)25-35-24-28-10-7-8-17-36-28/h5-8,10-12,14-15,17,22-23,32,35,39H,3-4,9,13,16,18-21,24-25H2,1-2H3,(H,37,43)(H,40,42)/t32-/m0/s1. The first-order valence-electron chi connectivity index (χ1n) is 15.5. The molecule has 0 spiro atoms. The number of hydrogen-bond donors (Lipinski definition) is 4. The molecule has 228 valence electrons. The number of pyridine rings is 2. The minimum absolute atomic E-state index is 0.158. The number of hydrogen-bond acceptors (Lipinski definition) is 6. The highest BCUT2D eigenvalue weighted by molar-refractivity contribution is 5.97. The molecule has 4 rings (SSSR count). The summed E-state index contributed by atoms with van der Waals surface area (Å²) in [6.45, 7) is 9.03. The largest absolute Gasteiger partial charge is 0.361 e. The van der Waals surface area contributed by atoms with Crippen molar-refractivity contribution in [2.24, 2.45) is 0 Å². The molecule has 0 aliphatic carbocycles. The summed E-state index contributed by atoms with van der Waals surface area (Å²) in [4.78, 5) is 41.0. The third-order valence-electron chi connectivity index (χ3n) is 7.46. The summed E-state index contributed by atoms with van der Waals surface area (Å²) < 4.78 is 0. The molecular formula is C34H45N7O2. The Morgan fingerprint density at radius 2 is 1.67 bits per heavy atom. The summed E-state index contributed by atoms with van der Waals surface area (Å²) in [6, 6.07) is 16.9. The van der Waals surface area contributed by atoms with E-state index in [1.165, 1.54) is 0 Å². The van der Waals surface area contributed by atoms with Gasteiger partial charge < -0.3 is 25.8 Å². The van der Waals surface area contributed by atoms with Gasteiger partial charge in [0.15, 0.2) is 0 Å². The van der Waals surface area contributed by atoms with Crippen molar-refractivity contribution < 1.29 is 9.59 Å². The van der Waals surface area contributed by atoms with Crippen LogP contribution < -0.4 is 16.0 Å². The van der Waals surface area contributed by atoms with E-state index < -0.39 is 6.04 Å². The summed E-state index contributed by atoms with van der Waals surface area (Å²) in [6.07, 6.45) is 9.62. The monoisotopic (exact) mass is 583 g/mol. The van der Waals surface area contributed by atoms with Gasteiger partial charge in [-0.2, -0.15) is 0 Å². The quantitative estimate of drug-likeness (QED) is 0.136. The predicted octanol–water partition coefficient (Wildman–Crippen LogP) is 4.61. The van der Waals surface area contributed by atoms with Crippen LogP contribution in [0.25, 0.3) is 10.9 Å². The lowest BCUT2D eigenvalue weighted by atomic mass is 10.1. The number of benzene rings is 1. The van der Waals surface area contributed by atoms with Crippen molar-refractivity contribution in [3.05, 3.63) is 95.7 Å². The molecule has 43 heavy (non-hydrogen) atoms. The number of carbonyl (C=O) groups excluding carboxylic acids is 2. The van der Waals surface area contributed by atoms with Crippen molar-refractivity contribution in [2.45, 2.75) is 65.1 Å². The molecule has 2 amide bonds. The van der Waals surface area contributed by atoms with E-state index in [4.69, 9.17) is 0 Å². The molecule has 9 heteroatoms. The van der Waals surface area contributed by atoms with Crippen LogP contribution >= 0.6 is 0 Å². The Labute approximate surface area is 254 Å². The summed E-state index contributed by atoms with van der Waals surface area (Å²) in [5.41, 5.74) is 4.46. The zero-order chi connectivity index (χ0) is 30.3. The number of carbonyl (C=O) groups is 2. The minimum atomic E-state index is -0.625. The summed E-state index contributed by atoms with van der Waals surface area (Å²) in [7, 11) is 0. The highest BCUT2D eigenvalue weighted by atomic mass is 16.2. The normalized spacial score (nSPS) is 12.0. The highest BCUT2D eigenvalue weighted by Crippen LogP contribution is 2.17. The van der Waals surface area contributed by atoms with Gasteiger partial charge in [-0.05, 0) is 87.6 Å². The third-order valence-corrected chi connectivity index (χ3v) is 7.46. The molecule has 0 saturated carbocycles. The number of aromatic amines is 1. The first-order chi connectivity index (χ1) is 21.1. The van der Waals surface area contributed by atoms with Crippen molar-refractivity contribution in [2.75, 3.05) is 26.2 Å². The first-order valence-corrected chi connectivity index (χ1v) is 15.5. The van der Waals surface area contributed by atoms with Crippen LogP contribution in [0.2, 0.25) is 0 Å². The van der Waals surface area contributed by atoms with Gasteiger partial charge in [0.05, 0.1) is 17.0 Å². The lowest BCUT2D eigenvalue weighted by molar-refractivity contribution is -0.123. The summed E-state index contributed by atoms with van der Waals surface area (Å²) in [5.74, 6) is -0.453. The lowest BCUT2D eigenvalue weighted by Gasteiger charge is -2.23. The van der Waals surface area contributed by atoms with Crippen LogP contribution in [-0.4, -0.2) is 63.9 Å². The fourth-order valence-electron chi connectivity index (χ4n) is 5.26. The molecule has 0 saturated heterocycles. The number of rotatable bonds is 18. The fourth-order valence-corrected chi connectivity index (χ4v) is 5.26. The van der Waals surface area contributed by atoms with E-state index in [0.29, 0.717) is 38.0 Å². The molecule has 0 radical (unpaired) electrons. The maximum Gasteiger partial charge on any atom is 0.253 e. The SMILES string of the molecule is CCCN(CCC)CCC[C@H](NC(=O)c1ccc(CNCc2ccccn2)nc1)C(=O)NCCc1c[nH]c2ccccc12. The molecule has 0 aliphatic heterocycles. The van der Waals surface area contributed by atoms with Gasteiger partial charge >= 0.3 is 0 Å². The van der Waals surface area contributed by atoms with Crippen molar-refractivity contribution in [1.29, 1.82) is 0 Å². The van der Waals surface area contributed by atoms with Gasteiger partial charge in [0.1, 0.15) is 6.04 Å². The molecule has 1 aromatic carbocycles. The average molecular weight is 584 g/mol. The first kappa shape index (κ1) is 31.8. The Hall–Kier alpha value is -4.08. The van der Waals surface area contributed by atoms with E-state index >= 15 is 0 Å². The Morgan fingerprint density at radius 3 is 2.40 bits per heavy atom. The number of aromatic nitrogens is 3. The maximum atomic E-state index is 13.3. The molecule has 4 aromatic rings. The predicted molar refractivity (Wildman–Crippen MR) is 172 cm³/mol. The van der Waals surface area contributed by atoms with Gasteiger partial charge in [-0.25, -0.2) is 0 Å². The Morgan fingerprint density at radius 1 is 0.907 bits per heavy atom. The van der Waals surface area contributed by atoms with Crippen LogP contribution in [0.1, 0.15) is 66.8 Å². The van der Waals surface area contributed by atoms with Crippen LogP contribution in [0.5, 0.6) is 0 Å². The van der Waals surface area contributed by atoms with Gasteiger partial charge in [0.2, 0.25) is 5.91 Å². The number of H-pyrrole nitrogens is 1. The van der Waals surface area contributed by atoms with Crippen LogP contribution in [0.4, 0.5) is 0 Å². The molecule has 4 N–H and O–H groups in total. The highest BCUT2D eigenvalue weighted by Gasteiger charge is 2.22. The van der Waals surface area contributed by atoms with Crippen LogP contribution in [-0.2, 0) is 24.3 Å². The van der Waals surface area contributed by atoms with Crippen LogP contribution in [0.3, 0.4) is 0 Å². The molecule has 0 fully saturated rings. The van der Waals surface area contributed by atoms with Crippen molar-refractivity contribution >= 4 is 22.7 Å². The van der Waals surface area contributed by atoms with Gasteiger partial charge in [0, 0.05) is 49.1 Å². The van der Waals surface area contributed by atoms with E-state index in [-0.39, 0.29) is 11.8 Å². The van der Waals surface area contributed by atoms with Crippen LogP contribution in [0.15, 0.2) is 73.2 Å². The zero-order valence-electron chi connectivity index (χ0n) is 25.4. The van der Waals surface area contributed by atoms with Crippen molar-refractivity contribution in [3.8, 4) is 0 Å². The van der Waals surface area contributed by atoms with Crippen molar-refractivity contribution in [1.82, 2.24) is 35.8 Å². The van der Waals surface area contributed by atoms with E-state index in [9.17, 15) is 9.59 Å². The molecule has 3 aromatic heterocycles. The third kappa shape index (κ3) is 10.0. The second-order valence-electron chi connectivity index (χ2n) is 10.9. The number of fused-ring (bicyclic) bond motifs is 1. The van der Waals surface area contributed by atoms with E-state index in [0.717, 1.165) is 66.8 Å². The Bertz CT molecular complexity index is 1400. The van der Waals surface area contributed by atoms with E-state index in [1.54, 1.807) is 18.5 Å². The maximum absolute atomic E-state index is 13.3. The second kappa shape index (κ2) is 17.1. The number of para-hydroxylation sites is 1. The minimum Gasteiger partial charge on any atom is -0.361 e. The van der Waals surface area contributed by atoms with Gasteiger partial charge in [0.25, 0.3) is 5.91 Å². The van der Waals surface area contributed by atoms with Gasteiger partial charge in [-0.1, -0.05) is 38.1 Å². The molecule has 0 aliphatic rings. The zero-order valence-corrected chi connectivity index (χ0v) is 25.4.